The number of rotatable bonds is 10. The molecule has 162 valence electrons. The molecule has 1 heterocycles. The van der Waals surface area contributed by atoms with Gasteiger partial charge in [0.05, 0.1) is 19.3 Å². The Morgan fingerprint density at radius 3 is 2.43 bits per heavy atom. The van der Waals surface area contributed by atoms with Crippen LogP contribution < -0.4 is 10.6 Å². The second kappa shape index (κ2) is 13.0. The Hall–Kier alpha value is -2.37. The summed E-state index contributed by atoms with van der Waals surface area (Å²) in [6, 6.07) is 19.2. The van der Waals surface area contributed by atoms with E-state index in [9.17, 15) is 0 Å². The Kier molecular flexibility index (Phi) is 9.70. The van der Waals surface area contributed by atoms with E-state index >= 15 is 0 Å². The number of aryl methyl sites for hydroxylation is 1. The van der Waals surface area contributed by atoms with Crippen LogP contribution in [0.1, 0.15) is 42.9 Å². The Morgan fingerprint density at radius 1 is 0.967 bits per heavy atom. The molecule has 0 saturated carbocycles. The van der Waals surface area contributed by atoms with E-state index in [0.717, 1.165) is 57.9 Å². The highest BCUT2D eigenvalue weighted by Gasteiger charge is 2.13. The van der Waals surface area contributed by atoms with E-state index in [2.05, 4.69) is 72.2 Å². The molecule has 0 amide bonds. The summed E-state index contributed by atoms with van der Waals surface area (Å²) in [5.41, 5.74) is 3.79. The summed E-state index contributed by atoms with van der Waals surface area (Å²) in [5.74, 6) is 0.873. The third-order valence-corrected chi connectivity index (χ3v) is 5.22. The third-order valence-electron chi connectivity index (χ3n) is 5.22. The van der Waals surface area contributed by atoms with Gasteiger partial charge < -0.3 is 20.1 Å². The average Bonchev–Trinajstić information content (AvgIpc) is 2.81. The third kappa shape index (κ3) is 8.17. The van der Waals surface area contributed by atoms with Crippen LogP contribution >= 0.6 is 0 Å². The summed E-state index contributed by atoms with van der Waals surface area (Å²) < 4.78 is 11.4. The minimum atomic E-state index is 0.332. The number of hydrogen-bond acceptors (Lipinski definition) is 3. The highest BCUT2D eigenvalue weighted by atomic mass is 16.5. The van der Waals surface area contributed by atoms with Crippen LogP contribution in [0.25, 0.3) is 0 Å². The smallest absolute Gasteiger partial charge is 0.191 e. The van der Waals surface area contributed by atoms with Gasteiger partial charge in [0.2, 0.25) is 0 Å². The Bertz CT molecular complexity index is 741. The van der Waals surface area contributed by atoms with Crippen molar-refractivity contribution in [3.63, 3.8) is 0 Å². The zero-order chi connectivity index (χ0) is 20.9. The van der Waals surface area contributed by atoms with Gasteiger partial charge in [-0.15, -0.1) is 0 Å². The number of guanidine groups is 1. The van der Waals surface area contributed by atoms with E-state index in [1.807, 2.05) is 0 Å². The number of aliphatic imine (C=N–C) groups is 1. The van der Waals surface area contributed by atoms with E-state index in [0.29, 0.717) is 19.3 Å². The van der Waals surface area contributed by atoms with Crippen LogP contribution in [-0.4, -0.2) is 38.4 Å². The van der Waals surface area contributed by atoms with Crippen molar-refractivity contribution in [3.8, 4) is 0 Å². The summed E-state index contributed by atoms with van der Waals surface area (Å²) in [6.07, 6.45) is 4.48. The number of benzene rings is 2. The van der Waals surface area contributed by atoms with Crippen molar-refractivity contribution < 1.29 is 9.47 Å². The van der Waals surface area contributed by atoms with Crippen molar-refractivity contribution in [1.82, 2.24) is 10.6 Å². The van der Waals surface area contributed by atoms with Gasteiger partial charge in [-0.05, 0) is 49.3 Å². The molecule has 1 fully saturated rings. The Balaban J connectivity index is 1.40. The van der Waals surface area contributed by atoms with Gasteiger partial charge >= 0.3 is 0 Å². The first kappa shape index (κ1) is 22.3. The van der Waals surface area contributed by atoms with Gasteiger partial charge in [0.15, 0.2) is 5.96 Å². The highest BCUT2D eigenvalue weighted by molar-refractivity contribution is 5.79. The van der Waals surface area contributed by atoms with Crippen LogP contribution in [0.4, 0.5) is 0 Å². The van der Waals surface area contributed by atoms with Crippen molar-refractivity contribution in [1.29, 1.82) is 0 Å². The van der Waals surface area contributed by atoms with Gasteiger partial charge in [-0.1, -0.05) is 54.6 Å². The van der Waals surface area contributed by atoms with Crippen molar-refractivity contribution >= 4 is 5.96 Å². The molecule has 0 bridgehead atoms. The lowest BCUT2D eigenvalue weighted by Gasteiger charge is -2.22. The molecule has 0 radical (unpaired) electrons. The zero-order valence-electron chi connectivity index (χ0n) is 18.1. The average molecular weight is 410 g/mol. The van der Waals surface area contributed by atoms with E-state index in [4.69, 9.17) is 14.5 Å². The molecule has 5 heteroatoms. The van der Waals surface area contributed by atoms with Gasteiger partial charge in [-0.3, -0.25) is 0 Å². The first-order valence-corrected chi connectivity index (χ1v) is 11.2. The molecule has 0 atom stereocenters. The second-order valence-corrected chi connectivity index (χ2v) is 7.65. The van der Waals surface area contributed by atoms with E-state index in [1.165, 1.54) is 16.7 Å². The van der Waals surface area contributed by atoms with E-state index in [-0.39, 0.29) is 0 Å². The molecule has 5 nitrogen and oxygen atoms in total. The predicted molar refractivity (Wildman–Crippen MR) is 123 cm³/mol. The number of nitrogens with zero attached hydrogens (tertiary/aromatic N) is 1. The van der Waals surface area contributed by atoms with Crippen molar-refractivity contribution in [2.45, 2.75) is 51.9 Å². The summed E-state index contributed by atoms with van der Waals surface area (Å²) in [4.78, 5) is 4.73. The van der Waals surface area contributed by atoms with Crippen LogP contribution in [0, 0.1) is 0 Å². The fraction of sp³-hybridized carbons (Fsp3) is 0.480. The number of ether oxygens (including phenoxy) is 2. The molecular formula is C25H35N3O2. The maximum absolute atomic E-state index is 6.00. The molecular weight excluding hydrogens is 374 g/mol. The molecule has 1 saturated heterocycles. The lowest BCUT2D eigenvalue weighted by atomic mass is 10.1. The SMILES string of the molecule is CCNC(=NCc1ccc(COC2CCOCC2)cc1)NCCCc1ccccc1. The summed E-state index contributed by atoms with van der Waals surface area (Å²) in [5, 5.41) is 6.77. The first-order chi connectivity index (χ1) is 14.8. The predicted octanol–water partition coefficient (Wildman–Crippen LogP) is 4.07. The highest BCUT2D eigenvalue weighted by Crippen LogP contribution is 2.14. The minimum Gasteiger partial charge on any atom is -0.381 e. The molecule has 0 spiro atoms. The Morgan fingerprint density at radius 2 is 1.70 bits per heavy atom. The van der Waals surface area contributed by atoms with Crippen molar-refractivity contribution in [3.05, 3.63) is 71.3 Å². The quantitative estimate of drug-likeness (QED) is 0.353. The van der Waals surface area contributed by atoms with Gasteiger partial charge in [-0.25, -0.2) is 4.99 Å². The molecule has 30 heavy (non-hydrogen) atoms. The summed E-state index contributed by atoms with van der Waals surface area (Å²) in [7, 11) is 0. The number of nitrogens with one attached hydrogen (secondary N) is 2. The molecule has 2 N–H and O–H groups in total. The fourth-order valence-corrected chi connectivity index (χ4v) is 3.45. The van der Waals surface area contributed by atoms with Gasteiger partial charge in [0.1, 0.15) is 0 Å². The molecule has 0 aliphatic carbocycles. The molecule has 0 unspecified atom stereocenters. The summed E-state index contributed by atoms with van der Waals surface area (Å²) in [6.45, 7) is 6.81. The van der Waals surface area contributed by atoms with Gasteiger partial charge in [0.25, 0.3) is 0 Å². The summed E-state index contributed by atoms with van der Waals surface area (Å²) >= 11 is 0. The first-order valence-electron chi connectivity index (χ1n) is 11.2. The number of hydrogen-bond donors (Lipinski definition) is 2. The molecule has 3 rings (SSSR count). The normalized spacial score (nSPS) is 15.2. The lowest BCUT2D eigenvalue weighted by Crippen LogP contribution is -2.37. The second-order valence-electron chi connectivity index (χ2n) is 7.65. The molecule has 2 aromatic carbocycles. The maximum atomic E-state index is 6.00. The lowest BCUT2D eigenvalue weighted by molar-refractivity contribution is -0.0390. The molecule has 1 aliphatic rings. The van der Waals surface area contributed by atoms with Gasteiger partial charge in [0, 0.05) is 26.3 Å². The van der Waals surface area contributed by atoms with Crippen molar-refractivity contribution in [2.75, 3.05) is 26.3 Å². The van der Waals surface area contributed by atoms with Crippen LogP contribution in [0.3, 0.4) is 0 Å². The fourth-order valence-electron chi connectivity index (χ4n) is 3.45. The minimum absolute atomic E-state index is 0.332. The van der Waals surface area contributed by atoms with Gasteiger partial charge in [-0.2, -0.15) is 0 Å². The topological polar surface area (TPSA) is 54.9 Å². The molecule has 0 aromatic heterocycles. The van der Waals surface area contributed by atoms with Crippen LogP contribution in [-0.2, 0) is 29.0 Å². The van der Waals surface area contributed by atoms with E-state index < -0.39 is 0 Å². The molecule has 1 aliphatic heterocycles. The van der Waals surface area contributed by atoms with Crippen LogP contribution in [0.15, 0.2) is 59.6 Å². The zero-order valence-corrected chi connectivity index (χ0v) is 18.1. The van der Waals surface area contributed by atoms with Crippen molar-refractivity contribution in [2.24, 2.45) is 4.99 Å². The molecule has 2 aromatic rings. The maximum Gasteiger partial charge on any atom is 0.191 e. The largest absolute Gasteiger partial charge is 0.381 e. The monoisotopic (exact) mass is 409 g/mol. The standard InChI is InChI=1S/C25H35N3O2/c1-2-26-25(27-16-6-9-21-7-4-3-5-8-21)28-19-22-10-12-23(13-11-22)20-30-24-14-17-29-18-15-24/h3-5,7-8,10-13,24H,2,6,9,14-20H2,1H3,(H2,26,27,28). The Labute approximate surface area is 180 Å². The van der Waals surface area contributed by atoms with Crippen LogP contribution in [0.2, 0.25) is 0 Å². The van der Waals surface area contributed by atoms with Crippen LogP contribution in [0.5, 0.6) is 0 Å². The van der Waals surface area contributed by atoms with E-state index in [1.54, 1.807) is 0 Å².